The fourth-order valence-corrected chi connectivity index (χ4v) is 2.39. The Bertz CT molecular complexity index is 343. The molecule has 1 heterocycles. The van der Waals surface area contributed by atoms with Crippen LogP contribution in [-0.4, -0.2) is 18.6 Å². The molecular weight excluding hydrogens is 198 g/mol. The van der Waals surface area contributed by atoms with Gasteiger partial charge in [0.2, 0.25) is 0 Å². The van der Waals surface area contributed by atoms with Crippen molar-refractivity contribution in [3.8, 4) is 0 Å². The van der Waals surface area contributed by atoms with Gasteiger partial charge >= 0.3 is 0 Å². The van der Waals surface area contributed by atoms with Gasteiger partial charge in [0.05, 0.1) is 23.8 Å². The van der Waals surface area contributed by atoms with Crippen LogP contribution in [0.3, 0.4) is 0 Å². The van der Waals surface area contributed by atoms with E-state index in [9.17, 15) is 0 Å². The summed E-state index contributed by atoms with van der Waals surface area (Å²) in [6.07, 6.45) is 9.18. The number of pyridine rings is 1. The average molecular weight is 219 g/mol. The molecule has 0 bridgehead atoms. The molecule has 0 amide bonds. The van der Waals surface area contributed by atoms with Crippen LogP contribution in [-0.2, 0) is 0 Å². The monoisotopic (exact) mass is 219 g/mol. The van der Waals surface area contributed by atoms with E-state index in [2.05, 4.69) is 28.6 Å². The number of rotatable bonds is 4. The number of aromatic nitrogens is 1. The van der Waals surface area contributed by atoms with Gasteiger partial charge in [0.15, 0.2) is 0 Å². The minimum atomic E-state index is 0.482. The first-order valence-electron chi connectivity index (χ1n) is 6.09. The van der Waals surface area contributed by atoms with E-state index in [0.717, 1.165) is 17.9 Å². The maximum Gasteiger partial charge on any atom is 0.0547 e. The van der Waals surface area contributed by atoms with Gasteiger partial charge in [-0.1, -0.05) is 19.8 Å². The molecule has 1 saturated carbocycles. The van der Waals surface area contributed by atoms with Crippen molar-refractivity contribution in [2.75, 3.05) is 24.2 Å². The summed E-state index contributed by atoms with van der Waals surface area (Å²) in [5.74, 6) is 0. The Balaban J connectivity index is 1.93. The highest BCUT2D eigenvalue weighted by Gasteiger charge is 2.28. The zero-order chi connectivity index (χ0) is 11.4. The molecule has 1 aliphatic carbocycles. The third-order valence-corrected chi connectivity index (χ3v) is 3.56. The van der Waals surface area contributed by atoms with Gasteiger partial charge in [0, 0.05) is 13.6 Å². The van der Waals surface area contributed by atoms with Crippen LogP contribution in [0, 0.1) is 5.41 Å². The molecule has 0 aliphatic heterocycles. The van der Waals surface area contributed by atoms with Gasteiger partial charge < -0.3 is 10.6 Å². The van der Waals surface area contributed by atoms with Crippen molar-refractivity contribution in [1.82, 2.24) is 4.98 Å². The summed E-state index contributed by atoms with van der Waals surface area (Å²) >= 11 is 0. The smallest absolute Gasteiger partial charge is 0.0547 e. The van der Waals surface area contributed by atoms with Gasteiger partial charge in [-0.05, 0) is 24.3 Å². The molecule has 3 nitrogen and oxygen atoms in total. The van der Waals surface area contributed by atoms with Gasteiger partial charge in [-0.25, -0.2) is 0 Å². The lowest BCUT2D eigenvalue weighted by Gasteiger charge is -2.24. The van der Waals surface area contributed by atoms with E-state index in [4.69, 9.17) is 0 Å². The lowest BCUT2D eigenvalue weighted by atomic mass is 9.89. The second-order valence-corrected chi connectivity index (χ2v) is 5.08. The van der Waals surface area contributed by atoms with Crippen LogP contribution in [0.2, 0.25) is 0 Å². The zero-order valence-electron chi connectivity index (χ0n) is 10.2. The molecule has 88 valence electrons. The first kappa shape index (κ1) is 11.2. The van der Waals surface area contributed by atoms with Crippen molar-refractivity contribution in [3.05, 3.63) is 18.5 Å². The number of nitrogens with one attached hydrogen (secondary N) is 2. The molecule has 1 aromatic rings. The predicted octanol–water partition coefficient (Wildman–Crippen LogP) is 3.12. The first-order chi connectivity index (χ1) is 7.72. The molecule has 3 heteroatoms. The van der Waals surface area contributed by atoms with Crippen molar-refractivity contribution >= 4 is 11.4 Å². The Labute approximate surface area is 97.7 Å². The third-order valence-electron chi connectivity index (χ3n) is 3.56. The van der Waals surface area contributed by atoms with E-state index in [0.29, 0.717) is 5.41 Å². The number of hydrogen-bond acceptors (Lipinski definition) is 3. The van der Waals surface area contributed by atoms with Gasteiger partial charge in [-0.2, -0.15) is 0 Å². The van der Waals surface area contributed by atoms with E-state index >= 15 is 0 Å². The van der Waals surface area contributed by atoms with Crippen LogP contribution < -0.4 is 10.6 Å². The normalized spacial score (nSPS) is 18.4. The summed E-state index contributed by atoms with van der Waals surface area (Å²) in [4.78, 5) is 4.20. The summed E-state index contributed by atoms with van der Waals surface area (Å²) < 4.78 is 0. The van der Waals surface area contributed by atoms with Crippen molar-refractivity contribution < 1.29 is 0 Å². The van der Waals surface area contributed by atoms with E-state index < -0.39 is 0 Å². The summed E-state index contributed by atoms with van der Waals surface area (Å²) in [5, 5.41) is 6.60. The Morgan fingerprint density at radius 3 is 2.62 bits per heavy atom. The fourth-order valence-electron chi connectivity index (χ4n) is 2.39. The average Bonchev–Trinajstić information content (AvgIpc) is 2.75. The van der Waals surface area contributed by atoms with E-state index in [1.807, 2.05) is 19.4 Å². The first-order valence-corrected chi connectivity index (χ1v) is 6.09. The van der Waals surface area contributed by atoms with Crippen LogP contribution in [0.25, 0.3) is 0 Å². The lowest BCUT2D eigenvalue weighted by molar-refractivity contribution is 0.362. The highest BCUT2D eigenvalue weighted by atomic mass is 14.9. The van der Waals surface area contributed by atoms with Crippen LogP contribution in [0.5, 0.6) is 0 Å². The largest absolute Gasteiger partial charge is 0.387 e. The summed E-state index contributed by atoms with van der Waals surface area (Å²) in [7, 11) is 1.92. The predicted molar refractivity (Wildman–Crippen MR) is 68.8 cm³/mol. The van der Waals surface area contributed by atoms with Gasteiger partial charge in [-0.15, -0.1) is 0 Å². The number of hydrogen-bond donors (Lipinski definition) is 2. The highest BCUT2D eigenvalue weighted by molar-refractivity contribution is 5.53. The maximum absolute atomic E-state index is 4.20. The van der Waals surface area contributed by atoms with Crippen LogP contribution >= 0.6 is 0 Å². The molecule has 1 fully saturated rings. The van der Waals surface area contributed by atoms with Crippen LogP contribution in [0.1, 0.15) is 32.6 Å². The fraction of sp³-hybridized carbons (Fsp3) is 0.615. The molecule has 0 saturated heterocycles. The molecule has 16 heavy (non-hydrogen) atoms. The minimum Gasteiger partial charge on any atom is -0.387 e. The van der Waals surface area contributed by atoms with Crippen LogP contribution in [0.15, 0.2) is 18.5 Å². The lowest BCUT2D eigenvalue weighted by Crippen LogP contribution is -2.22. The molecule has 0 radical (unpaired) electrons. The summed E-state index contributed by atoms with van der Waals surface area (Å²) in [5.41, 5.74) is 2.65. The second kappa shape index (κ2) is 4.73. The van der Waals surface area contributed by atoms with Crippen molar-refractivity contribution in [2.45, 2.75) is 32.6 Å². The third kappa shape index (κ3) is 2.65. The molecule has 0 unspecified atom stereocenters. The van der Waals surface area contributed by atoms with Crippen molar-refractivity contribution in [3.63, 3.8) is 0 Å². The summed E-state index contributed by atoms with van der Waals surface area (Å²) in [6, 6.07) is 2.10. The molecule has 0 spiro atoms. The van der Waals surface area contributed by atoms with Crippen molar-refractivity contribution in [1.29, 1.82) is 0 Å². The number of anilines is 2. The van der Waals surface area contributed by atoms with Crippen molar-refractivity contribution in [2.24, 2.45) is 5.41 Å². The summed E-state index contributed by atoms with van der Waals surface area (Å²) in [6.45, 7) is 3.43. The Morgan fingerprint density at radius 1 is 1.25 bits per heavy atom. The molecule has 2 N–H and O–H groups in total. The van der Waals surface area contributed by atoms with E-state index in [-0.39, 0.29) is 0 Å². The van der Waals surface area contributed by atoms with E-state index in [1.165, 1.54) is 25.7 Å². The highest BCUT2D eigenvalue weighted by Crippen LogP contribution is 2.37. The Kier molecular flexibility index (Phi) is 3.32. The standard InChI is InChI=1S/C13H21N3/c1-13(5-3-4-6-13)10-16-12-7-11(14-2)8-15-9-12/h7-9,14,16H,3-6,10H2,1-2H3. The van der Waals surface area contributed by atoms with Gasteiger partial charge in [0.25, 0.3) is 0 Å². The SMILES string of the molecule is CNc1cncc(NCC2(C)CCCC2)c1. The number of nitrogens with zero attached hydrogens (tertiary/aromatic N) is 1. The maximum atomic E-state index is 4.20. The molecule has 1 aliphatic rings. The van der Waals surface area contributed by atoms with E-state index in [1.54, 1.807) is 0 Å². The molecule has 0 aromatic carbocycles. The minimum absolute atomic E-state index is 0.482. The molecule has 2 rings (SSSR count). The Hall–Kier alpha value is -1.25. The van der Waals surface area contributed by atoms with Crippen LogP contribution in [0.4, 0.5) is 11.4 Å². The quantitative estimate of drug-likeness (QED) is 0.817. The van der Waals surface area contributed by atoms with Gasteiger partial charge in [-0.3, -0.25) is 4.98 Å². The zero-order valence-corrected chi connectivity index (χ0v) is 10.2. The molecular formula is C13H21N3. The van der Waals surface area contributed by atoms with Gasteiger partial charge in [0.1, 0.15) is 0 Å². The second-order valence-electron chi connectivity index (χ2n) is 5.08. The topological polar surface area (TPSA) is 37.0 Å². The molecule has 1 aromatic heterocycles. The Morgan fingerprint density at radius 2 is 1.94 bits per heavy atom. The molecule has 0 atom stereocenters.